The minimum absolute atomic E-state index is 0.296. The molecule has 9 rings (SSSR count). The van der Waals surface area contributed by atoms with Gasteiger partial charge in [0.25, 0.3) is 5.79 Å². The number of hydrogen-bond acceptors (Lipinski definition) is 2. The maximum absolute atomic E-state index is 7.67. The number of ether oxygens (including phenoxy) is 2. The van der Waals surface area contributed by atoms with Gasteiger partial charge in [0.15, 0.2) is 0 Å². The van der Waals surface area contributed by atoms with Crippen molar-refractivity contribution < 1.29 is 9.47 Å². The Bertz CT molecular complexity index is 1970. The molecule has 260 valence electrons. The fourth-order valence-corrected chi connectivity index (χ4v) is 13.5. The van der Waals surface area contributed by atoms with Crippen LogP contribution in [-0.4, -0.2) is 5.79 Å². The summed E-state index contributed by atoms with van der Waals surface area (Å²) < 4.78 is 15.3. The highest BCUT2D eigenvalue weighted by Gasteiger charge is 2.57. The first-order valence-corrected chi connectivity index (χ1v) is 21.5. The van der Waals surface area contributed by atoms with E-state index in [2.05, 4.69) is 161 Å². The van der Waals surface area contributed by atoms with E-state index in [9.17, 15) is 0 Å². The SMILES string of the molecule is Cc1ccc(P(c2ccc(C)cc2)c2cccc3c2OC24Oc5c(cccc5P(c5ccc(C)cc5)c5ccc(C)cc5)C[C@H]2CCC[C@@H]4C3)cc1. The van der Waals surface area contributed by atoms with Gasteiger partial charge in [-0.2, -0.15) is 0 Å². The van der Waals surface area contributed by atoms with E-state index in [1.165, 1.54) is 71.6 Å². The molecule has 0 aromatic heterocycles. The lowest BCUT2D eigenvalue weighted by molar-refractivity contribution is -0.225. The lowest BCUT2D eigenvalue weighted by Gasteiger charge is -2.54. The predicted molar refractivity (Wildman–Crippen MR) is 221 cm³/mol. The van der Waals surface area contributed by atoms with E-state index in [-0.39, 0.29) is 0 Å². The summed E-state index contributed by atoms with van der Waals surface area (Å²) >= 11 is 0. The van der Waals surface area contributed by atoms with Crippen LogP contribution in [-0.2, 0) is 12.8 Å². The number of benzene rings is 6. The first kappa shape index (κ1) is 33.6. The molecule has 1 saturated carbocycles. The molecule has 0 unspecified atom stereocenters. The summed E-state index contributed by atoms with van der Waals surface area (Å²) in [6.45, 7) is 8.68. The van der Waals surface area contributed by atoms with Crippen LogP contribution in [0.5, 0.6) is 11.5 Å². The molecule has 2 aliphatic heterocycles. The molecular weight excluding hydrogens is 670 g/mol. The number of fused-ring (bicyclic) bond motifs is 2. The third-order valence-electron chi connectivity index (χ3n) is 11.5. The molecule has 0 N–H and O–H groups in total. The van der Waals surface area contributed by atoms with Gasteiger partial charge >= 0.3 is 0 Å². The number of para-hydroxylation sites is 2. The van der Waals surface area contributed by atoms with Gasteiger partial charge in [-0.15, -0.1) is 0 Å². The van der Waals surface area contributed by atoms with Crippen molar-refractivity contribution in [3.8, 4) is 11.5 Å². The van der Waals surface area contributed by atoms with Crippen molar-refractivity contribution in [1.29, 1.82) is 0 Å². The Balaban J connectivity index is 1.18. The topological polar surface area (TPSA) is 18.5 Å². The first-order valence-electron chi connectivity index (χ1n) is 18.8. The Hall–Kier alpha value is -4.22. The summed E-state index contributed by atoms with van der Waals surface area (Å²) in [5.41, 5.74) is 7.77. The molecule has 1 aliphatic carbocycles. The smallest absolute Gasteiger partial charge is 0.257 e. The van der Waals surface area contributed by atoms with E-state index in [0.29, 0.717) is 11.8 Å². The van der Waals surface area contributed by atoms with E-state index in [1.807, 2.05) is 0 Å². The summed E-state index contributed by atoms with van der Waals surface area (Å²) in [5, 5.41) is 7.98. The predicted octanol–water partition coefficient (Wildman–Crippen LogP) is 9.12. The van der Waals surface area contributed by atoms with Gasteiger partial charge in [0.05, 0.1) is 0 Å². The van der Waals surface area contributed by atoms with Crippen molar-refractivity contribution in [1.82, 2.24) is 0 Å². The normalized spacial score (nSPS) is 20.3. The van der Waals surface area contributed by atoms with Crippen LogP contribution >= 0.6 is 15.8 Å². The van der Waals surface area contributed by atoms with Crippen LogP contribution in [0.1, 0.15) is 52.6 Å². The van der Waals surface area contributed by atoms with Crippen molar-refractivity contribution in [3.63, 3.8) is 0 Å². The molecule has 2 nitrogen and oxygen atoms in total. The van der Waals surface area contributed by atoms with Gasteiger partial charge in [-0.05, 0) is 102 Å². The fourth-order valence-electron chi connectivity index (χ4n) is 8.72. The van der Waals surface area contributed by atoms with Gasteiger partial charge in [-0.25, -0.2) is 0 Å². The van der Waals surface area contributed by atoms with Gasteiger partial charge in [0, 0.05) is 22.4 Å². The van der Waals surface area contributed by atoms with E-state index < -0.39 is 21.6 Å². The summed E-state index contributed by atoms with van der Waals surface area (Å²) in [6.07, 6.45) is 5.41. The Morgan fingerprint density at radius 1 is 0.442 bits per heavy atom. The van der Waals surface area contributed by atoms with Gasteiger partial charge in [0.2, 0.25) is 0 Å². The standard InChI is InChI=1S/C48H46O2P2/c1-32-14-22-40(23-15-32)51(41-24-16-33(2)17-25-41)44-12-5-8-36-30-38-10-7-11-39-31-37-9-6-13-45(47(37)50-48(38,39)49-46(36)44)52(42-26-18-34(3)19-27-42)43-28-20-35(4)21-29-43/h5-6,8-9,12-29,38-39H,7,10-11,30-31H2,1-4H3/t38-,39-,48?/m1/s1. The first-order chi connectivity index (χ1) is 25.4. The number of hydrogen-bond donors (Lipinski definition) is 0. The third kappa shape index (κ3) is 5.99. The van der Waals surface area contributed by atoms with E-state index >= 15 is 0 Å². The molecule has 1 spiro atoms. The maximum atomic E-state index is 7.67. The molecular formula is C48H46O2P2. The molecule has 52 heavy (non-hydrogen) atoms. The van der Waals surface area contributed by atoms with Crippen LogP contribution in [0.2, 0.25) is 0 Å². The van der Waals surface area contributed by atoms with Crippen molar-refractivity contribution in [2.75, 3.05) is 0 Å². The lowest BCUT2D eigenvalue weighted by Crippen LogP contribution is -2.62. The second kappa shape index (κ2) is 13.6. The number of aryl methyl sites for hydroxylation is 4. The maximum Gasteiger partial charge on any atom is 0.257 e. The molecule has 6 aromatic rings. The second-order valence-electron chi connectivity index (χ2n) is 15.2. The molecule has 2 heterocycles. The van der Waals surface area contributed by atoms with Crippen LogP contribution in [0.25, 0.3) is 0 Å². The van der Waals surface area contributed by atoms with E-state index in [1.54, 1.807) is 0 Å². The summed E-state index contributed by atoms with van der Waals surface area (Å²) in [4.78, 5) is 0. The quantitative estimate of drug-likeness (QED) is 0.160. The molecule has 0 bridgehead atoms. The van der Waals surface area contributed by atoms with Crippen molar-refractivity contribution in [2.45, 2.75) is 65.6 Å². The zero-order chi connectivity index (χ0) is 35.4. The van der Waals surface area contributed by atoms with Crippen molar-refractivity contribution in [2.24, 2.45) is 11.8 Å². The molecule has 0 saturated heterocycles. The lowest BCUT2D eigenvalue weighted by atomic mass is 9.68. The Labute approximate surface area is 311 Å². The monoisotopic (exact) mass is 716 g/mol. The van der Waals surface area contributed by atoms with Gasteiger partial charge in [0.1, 0.15) is 11.5 Å². The summed E-state index contributed by atoms with van der Waals surface area (Å²) in [7, 11) is -1.70. The summed E-state index contributed by atoms with van der Waals surface area (Å²) in [6, 6.07) is 50.4. The highest BCUT2D eigenvalue weighted by Crippen LogP contribution is 2.55. The fraction of sp³-hybridized carbons (Fsp3) is 0.250. The molecule has 6 aromatic carbocycles. The minimum Gasteiger partial charge on any atom is -0.451 e. The van der Waals surface area contributed by atoms with Gasteiger partial charge in [-0.3, -0.25) is 0 Å². The largest absolute Gasteiger partial charge is 0.451 e. The Morgan fingerprint density at radius 3 is 1.10 bits per heavy atom. The van der Waals surface area contributed by atoms with Crippen LogP contribution in [0.4, 0.5) is 0 Å². The molecule has 2 atom stereocenters. The number of rotatable bonds is 6. The highest BCUT2D eigenvalue weighted by molar-refractivity contribution is 7.80. The second-order valence-corrected chi connectivity index (χ2v) is 19.6. The van der Waals surface area contributed by atoms with Crippen molar-refractivity contribution in [3.05, 3.63) is 167 Å². The molecule has 3 aliphatic rings. The van der Waals surface area contributed by atoms with Crippen LogP contribution in [0.15, 0.2) is 133 Å². The van der Waals surface area contributed by atoms with E-state index in [4.69, 9.17) is 9.47 Å². The average Bonchev–Trinajstić information content (AvgIpc) is 3.16. The van der Waals surface area contributed by atoms with Crippen molar-refractivity contribution >= 4 is 47.7 Å². The molecule has 0 amide bonds. The van der Waals surface area contributed by atoms with Gasteiger partial charge in [-0.1, -0.05) is 162 Å². The highest BCUT2D eigenvalue weighted by atomic mass is 31.1. The molecule has 4 heteroatoms. The van der Waals surface area contributed by atoms with E-state index in [0.717, 1.165) is 37.2 Å². The average molecular weight is 717 g/mol. The molecule has 1 fully saturated rings. The van der Waals surface area contributed by atoms with Gasteiger partial charge < -0.3 is 9.47 Å². The van der Waals surface area contributed by atoms with Crippen LogP contribution in [0, 0.1) is 39.5 Å². The Morgan fingerprint density at radius 2 is 0.769 bits per heavy atom. The molecule has 0 radical (unpaired) electrons. The minimum atomic E-state index is -0.850. The van der Waals surface area contributed by atoms with Crippen LogP contribution in [0.3, 0.4) is 0 Å². The zero-order valence-corrected chi connectivity index (χ0v) is 32.4. The van der Waals surface area contributed by atoms with Crippen LogP contribution < -0.4 is 41.3 Å². The third-order valence-corrected chi connectivity index (χ3v) is 16.4. The zero-order valence-electron chi connectivity index (χ0n) is 30.6. The summed E-state index contributed by atoms with van der Waals surface area (Å²) in [5.74, 6) is 2.00. The Kier molecular flexibility index (Phi) is 8.82.